The van der Waals surface area contributed by atoms with Gasteiger partial charge < -0.3 is 15.4 Å². The van der Waals surface area contributed by atoms with Crippen LogP contribution in [0, 0.1) is 0 Å². The Morgan fingerprint density at radius 2 is 1.79 bits per heavy atom. The number of nitrogens with one attached hydrogen (secondary N) is 2. The van der Waals surface area contributed by atoms with Crippen molar-refractivity contribution in [3.63, 3.8) is 0 Å². The molecule has 0 heterocycles. The number of unbranched alkanes of at least 4 members (excludes halogenated alkanes) is 1. The largest absolute Gasteiger partial charge is 0.494 e. The van der Waals surface area contributed by atoms with Crippen molar-refractivity contribution in [2.75, 3.05) is 39.3 Å². The summed E-state index contributed by atoms with van der Waals surface area (Å²) in [6, 6.07) is 6.57. The van der Waals surface area contributed by atoms with Gasteiger partial charge >= 0.3 is 6.18 Å². The summed E-state index contributed by atoms with van der Waals surface area (Å²) in [6.45, 7) is 3.40. The number of ether oxygens (including phenoxy) is 1. The first-order chi connectivity index (χ1) is 13.2. The van der Waals surface area contributed by atoms with Gasteiger partial charge in [0.2, 0.25) is 5.91 Å². The van der Waals surface area contributed by atoms with Crippen molar-refractivity contribution in [3.05, 3.63) is 29.8 Å². The monoisotopic (exact) mass is 403 g/mol. The summed E-state index contributed by atoms with van der Waals surface area (Å²) in [4.78, 5) is 25.0. The van der Waals surface area contributed by atoms with Crippen LogP contribution in [0.4, 0.5) is 13.2 Å². The van der Waals surface area contributed by atoms with Gasteiger partial charge in [0.15, 0.2) is 0 Å². The first-order valence-electron chi connectivity index (χ1n) is 9.32. The molecule has 0 spiro atoms. The maximum absolute atomic E-state index is 12.4. The van der Waals surface area contributed by atoms with E-state index in [1.807, 2.05) is 0 Å². The minimum absolute atomic E-state index is 0.0718. The molecule has 2 N–H and O–H groups in total. The number of amides is 2. The summed E-state index contributed by atoms with van der Waals surface area (Å²) < 4.78 is 42.6. The Balaban J connectivity index is 2.31. The van der Waals surface area contributed by atoms with Crippen molar-refractivity contribution < 1.29 is 27.5 Å². The molecule has 0 aromatic heterocycles. The maximum Gasteiger partial charge on any atom is 0.401 e. The van der Waals surface area contributed by atoms with E-state index in [4.69, 9.17) is 4.74 Å². The summed E-state index contributed by atoms with van der Waals surface area (Å²) in [7, 11) is 0. The fraction of sp³-hybridized carbons (Fsp3) is 0.579. The van der Waals surface area contributed by atoms with E-state index in [2.05, 4.69) is 17.6 Å². The molecule has 1 aromatic rings. The highest BCUT2D eigenvalue weighted by molar-refractivity contribution is 5.96. The average Bonchev–Trinajstić information content (AvgIpc) is 2.65. The van der Waals surface area contributed by atoms with Gasteiger partial charge in [-0.3, -0.25) is 14.5 Å². The summed E-state index contributed by atoms with van der Waals surface area (Å²) in [5, 5.41) is 4.97. The van der Waals surface area contributed by atoms with E-state index in [1.165, 1.54) is 4.90 Å². The van der Waals surface area contributed by atoms with Gasteiger partial charge in [-0.1, -0.05) is 20.3 Å². The highest BCUT2D eigenvalue weighted by Crippen LogP contribution is 2.16. The van der Waals surface area contributed by atoms with E-state index in [-0.39, 0.29) is 26.2 Å². The maximum atomic E-state index is 12.4. The third kappa shape index (κ3) is 10.1. The molecule has 2 amide bonds. The van der Waals surface area contributed by atoms with E-state index < -0.39 is 24.5 Å². The smallest absolute Gasteiger partial charge is 0.401 e. The van der Waals surface area contributed by atoms with Crippen LogP contribution < -0.4 is 15.4 Å². The number of alkyl halides is 3. The van der Waals surface area contributed by atoms with Crippen LogP contribution >= 0.6 is 0 Å². The Morgan fingerprint density at radius 1 is 1.11 bits per heavy atom. The van der Waals surface area contributed by atoms with Crippen LogP contribution in [0.5, 0.6) is 5.75 Å². The zero-order valence-corrected chi connectivity index (χ0v) is 16.3. The van der Waals surface area contributed by atoms with Crippen LogP contribution in [0.2, 0.25) is 0 Å². The van der Waals surface area contributed by atoms with Crippen LogP contribution in [-0.4, -0.2) is 62.2 Å². The minimum atomic E-state index is -4.27. The third-order valence-corrected chi connectivity index (χ3v) is 3.89. The van der Waals surface area contributed by atoms with Crippen LogP contribution in [-0.2, 0) is 4.79 Å². The number of rotatable bonds is 12. The predicted molar refractivity (Wildman–Crippen MR) is 100 cm³/mol. The lowest BCUT2D eigenvalue weighted by molar-refractivity contribution is -0.145. The van der Waals surface area contributed by atoms with Crippen molar-refractivity contribution in [1.29, 1.82) is 0 Å². The number of hydrogen-bond acceptors (Lipinski definition) is 4. The molecule has 0 radical (unpaired) electrons. The van der Waals surface area contributed by atoms with Crippen molar-refractivity contribution >= 4 is 11.8 Å². The molecule has 1 aromatic carbocycles. The van der Waals surface area contributed by atoms with Crippen molar-refractivity contribution in [2.24, 2.45) is 0 Å². The topological polar surface area (TPSA) is 70.7 Å². The normalized spacial score (nSPS) is 11.4. The summed E-state index contributed by atoms with van der Waals surface area (Å²) in [6.07, 6.45) is -2.30. The van der Waals surface area contributed by atoms with Crippen molar-refractivity contribution in [3.8, 4) is 5.75 Å². The zero-order valence-electron chi connectivity index (χ0n) is 16.3. The van der Waals surface area contributed by atoms with E-state index >= 15 is 0 Å². The van der Waals surface area contributed by atoms with Gasteiger partial charge in [0.25, 0.3) is 5.91 Å². The average molecular weight is 403 g/mol. The highest BCUT2D eigenvalue weighted by Gasteiger charge is 2.29. The summed E-state index contributed by atoms with van der Waals surface area (Å²) in [5.74, 6) is -0.208. The van der Waals surface area contributed by atoms with Crippen LogP contribution in [0.15, 0.2) is 24.3 Å². The fourth-order valence-electron chi connectivity index (χ4n) is 2.32. The Kier molecular flexibility index (Phi) is 10.4. The van der Waals surface area contributed by atoms with Gasteiger partial charge in [-0.15, -0.1) is 0 Å². The molecule has 1 rings (SSSR count). The molecule has 6 nitrogen and oxygen atoms in total. The SMILES string of the molecule is CCCCOc1ccc(C(=O)NCC(=O)NCCN(CC)CC(F)(F)F)cc1. The molecule has 0 saturated carbocycles. The molecule has 0 saturated heterocycles. The molecule has 9 heteroatoms. The van der Waals surface area contributed by atoms with E-state index in [1.54, 1.807) is 31.2 Å². The molecule has 0 aliphatic carbocycles. The first kappa shape index (κ1) is 23.7. The molecule has 0 atom stereocenters. The van der Waals surface area contributed by atoms with Gasteiger partial charge in [0.1, 0.15) is 5.75 Å². The molecule has 0 bridgehead atoms. The van der Waals surface area contributed by atoms with Crippen LogP contribution in [0.3, 0.4) is 0 Å². The molecule has 0 aliphatic heterocycles. The fourth-order valence-corrected chi connectivity index (χ4v) is 2.32. The van der Waals surface area contributed by atoms with Gasteiger partial charge in [-0.2, -0.15) is 13.2 Å². The standard InChI is InChI=1S/C19H28F3N3O3/c1-3-5-12-28-16-8-6-15(7-9-16)18(27)24-13-17(26)23-10-11-25(4-2)14-19(20,21)22/h6-9H,3-5,10-14H2,1-2H3,(H,23,26)(H,24,27). The lowest BCUT2D eigenvalue weighted by Crippen LogP contribution is -2.42. The molecule has 0 aliphatic rings. The first-order valence-corrected chi connectivity index (χ1v) is 9.32. The van der Waals surface area contributed by atoms with Gasteiger partial charge in [0, 0.05) is 18.7 Å². The lowest BCUT2D eigenvalue weighted by atomic mass is 10.2. The summed E-state index contributed by atoms with van der Waals surface area (Å²) in [5.41, 5.74) is 0.387. The predicted octanol–water partition coefficient (Wildman–Crippen LogP) is 2.60. The number of halogens is 3. The highest BCUT2D eigenvalue weighted by atomic mass is 19.4. The minimum Gasteiger partial charge on any atom is -0.494 e. The molecular weight excluding hydrogens is 375 g/mol. The van der Waals surface area contributed by atoms with Gasteiger partial charge in [-0.25, -0.2) is 0 Å². The second kappa shape index (κ2) is 12.2. The Hall–Kier alpha value is -2.29. The van der Waals surface area contributed by atoms with E-state index in [0.29, 0.717) is 17.9 Å². The second-order valence-electron chi connectivity index (χ2n) is 6.24. The molecule has 0 unspecified atom stereocenters. The van der Waals surface area contributed by atoms with Crippen molar-refractivity contribution in [1.82, 2.24) is 15.5 Å². The van der Waals surface area contributed by atoms with E-state index in [0.717, 1.165) is 12.8 Å². The number of hydrogen-bond donors (Lipinski definition) is 2. The number of likely N-dealkylation sites (N-methyl/N-ethyl adjacent to an activating group) is 1. The molecule has 0 fully saturated rings. The van der Waals surface area contributed by atoms with Crippen LogP contribution in [0.25, 0.3) is 0 Å². The molecular formula is C19H28F3N3O3. The van der Waals surface area contributed by atoms with Gasteiger partial charge in [-0.05, 0) is 37.2 Å². The number of carbonyl (C=O) groups excluding carboxylic acids is 2. The summed E-state index contributed by atoms with van der Waals surface area (Å²) >= 11 is 0. The lowest BCUT2D eigenvalue weighted by Gasteiger charge is -2.21. The van der Waals surface area contributed by atoms with E-state index in [9.17, 15) is 22.8 Å². The quantitative estimate of drug-likeness (QED) is 0.527. The van der Waals surface area contributed by atoms with Crippen molar-refractivity contribution in [2.45, 2.75) is 32.9 Å². The Labute approximate surface area is 163 Å². The number of benzene rings is 1. The van der Waals surface area contributed by atoms with Crippen LogP contribution in [0.1, 0.15) is 37.0 Å². The molecule has 28 heavy (non-hydrogen) atoms. The molecule has 158 valence electrons. The Bertz CT molecular complexity index is 607. The number of nitrogens with zero attached hydrogens (tertiary/aromatic N) is 1. The number of carbonyl (C=O) groups is 2. The third-order valence-electron chi connectivity index (χ3n) is 3.89. The zero-order chi connectivity index (χ0) is 21.0. The second-order valence-corrected chi connectivity index (χ2v) is 6.24. The Morgan fingerprint density at radius 3 is 2.36 bits per heavy atom. The van der Waals surface area contributed by atoms with Gasteiger partial charge in [0.05, 0.1) is 19.7 Å².